The fourth-order valence-corrected chi connectivity index (χ4v) is 1.92. The van der Waals surface area contributed by atoms with Gasteiger partial charge in [-0.05, 0) is 12.8 Å². The summed E-state index contributed by atoms with van der Waals surface area (Å²) in [6, 6.07) is -2.49. The van der Waals surface area contributed by atoms with Gasteiger partial charge in [0.2, 0.25) is 29.5 Å². The van der Waals surface area contributed by atoms with Crippen LogP contribution in [0.1, 0.15) is 25.7 Å². The van der Waals surface area contributed by atoms with Crippen LogP contribution in [0.5, 0.6) is 0 Å². The van der Waals surface area contributed by atoms with Crippen molar-refractivity contribution >= 4 is 35.5 Å². The Morgan fingerprint density at radius 1 is 0.815 bits per heavy atom. The molecule has 0 aromatic rings. The molecule has 0 saturated carbocycles. The molecule has 0 aliphatic carbocycles. The second-order valence-electron chi connectivity index (χ2n) is 5.51. The van der Waals surface area contributed by atoms with E-state index in [1.807, 2.05) is 0 Å². The smallest absolute Gasteiger partial charge is 0.322 e. The van der Waals surface area contributed by atoms with Crippen LogP contribution in [0.3, 0.4) is 0 Å². The van der Waals surface area contributed by atoms with E-state index >= 15 is 0 Å². The molecule has 0 aromatic heterocycles. The van der Waals surface area contributed by atoms with Gasteiger partial charge in [0.15, 0.2) is 0 Å². The maximum atomic E-state index is 12.4. The highest BCUT2D eigenvalue weighted by Crippen LogP contribution is 2.02. The molecule has 0 bridgehead atoms. The van der Waals surface area contributed by atoms with E-state index in [-0.39, 0.29) is 25.7 Å². The molecule has 152 valence electrons. The first-order valence-corrected chi connectivity index (χ1v) is 7.92. The number of nitrogens with one attached hydrogen (secondary N) is 3. The number of carbonyl (C=O) groups is 6. The monoisotopic (exact) mass is 388 g/mol. The summed E-state index contributed by atoms with van der Waals surface area (Å²) in [7, 11) is 0. The van der Waals surface area contributed by atoms with Gasteiger partial charge in [-0.2, -0.15) is 0 Å². The zero-order valence-electron chi connectivity index (χ0n) is 14.5. The molecule has 13 nitrogen and oxygen atoms in total. The fourth-order valence-electron chi connectivity index (χ4n) is 1.92. The fraction of sp³-hybridized carbons (Fsp3) is 0.571. The first kappa shape index (κ1) is 23.8. The minimum atomic E-state index is -1.31. The number of carboxylic acids is 1. The standard InChI is InChI=1S/C14H24N6O7/c15-5-11(23)19-8(2-4-10(17)22)14(27)20-7(1-3-9(16)21)13(26)18-6-12(24)25/h7-8H,1-6,15H2,(H2,16,21)(H2,17,22)(H,18,26)(H,19,23)(H,20,27)(H,24,25). The van der Waals surface area contributed by atoms with Gasteiger partial charge < -0.3 is 38.3 Å². The Bertz CT molecular complexity index is 595. The van der Waals surface area contributed by atoms with Crippen molar-refractivity contribution in [3.63, 3.8) is 0 Å². The summed E-state index contributed by atoms with van der Waals surface area (Å²) >= 11 is 0. The van der Waals surface area contributed by atoms with Crippen molar-refractivity contribution in [2.45, 2.75) is 37.8 Å². The van der Waals surface area contributed by atoms with Crippen LogP contribution >= 0.6 is 0 Å². The van der Waals surface area contributed by atoms with Gasteiger partial charge in [-0.15, -0.1) is 0 Å². The number of rotatable bonds is 13. The number of amides is 5. The number of primary amides is 2. The van der Waals surface area contributed by atoms with E-state index in [2.05, 4.69) is 16.0 Å². The van der Waals surface area contributed by atoms with Crippen LogP contribution in [-0.4, -0.2) is 65.8 Å². The van der Waals surface area contributed by atoms with Gasteiger partial charge in [0.1, 0.15) is 18.6 Å². The third-order valence-corrected chi connectivity index (χ3v) is 3.24. The van der Waals surface area contributed by atoms with Crippen LogP contribution in [0.2, 0.25) is 0 Å². The van der Waals surface area contributed by atoms with Gasteiger partial charge in [0, 0.05) is 12.8 Å². The second-order valence-corrected chi connectivity index (χ2v) is 5.51. The van der Waals surface area contributed by atoms with E-state index in [0.29, 0.717) is 0 Å². The Kier molecular flexibility index (Phi) is 10.7. The first-order chi connectivity index (χ1) is 12.6. The highest BCUT2D eigenvalue weighted by Gasteiger charge is 2.27. The molecule has 0 heterocycles. The lowest BCUT2D eigenvalue weighted by Gasteiger charge is -2.22. The van der Waals surface area contributed by atoms with E-state index < -0.39 is 60.7 Å². The van der Waals surface area contributed by atoms with Crippen molar-refractivity contribution in [1.29, 1.82) is 0 Å². The predicted molar refractivity (Wildman–Crippen MR) is 90.4 cm³/mol. The van der Waals surface area contributed by atoms with Crippen LogP contribution in [0.15, 0.2) is 0 Å². The molecule has 0 spiro atoms. The molecule has 0 aromatic carbocycles. The summed E-state index contributed by atoms with van der Waals surface area (Å²) in [5.41, 5.74) is 15.2. The third kappa shape index (κ3) is 11.1. The lowest BCUT2D eigenvalue weighted by molar-refractivity contribution is -0.138. The first-order valence-electron chi connectivity index (χ1n) is 7.92. The number of nitrogens with two attached hydrogens (primary N) is 3. The highest BCUT2D eigenvalue weighted by molar-refractivity contribution is 5.93. The molecule has 0 radical (unpaired) electrons. The lowest BCUT2D eigenvalue weighted by Crippen LogP contribution is -2.55. The molecule has 5 amide bonds. The number of carboxylic acid groups (broad SMARTS) is 1. The Balaban J connectivity index is 5.14. The molecule has 0 rings (SSSR count). The Hall–Kier alpha value is -3.22. The van der Waals surface area contributed by atoms with Crippen molar-refractivity contribution < 1.29 is 33.9 Å². The normalized spacial score (nSPS) is 12.3. The van der Waals surface area contributed by atoms with Crippen molar-refractivity contribution in [1.82, 2.24) is 16.0 Å². The van der Waals surface area contributed by atoms with Gasteiger partial charge >= 0.3 is 5.97 Å². The molecule has 2 atom stereocenters. The molecule has 10 N–H and O–H groups in total. The molecular formula is C14H24N6O7. The molecular weight excluding hydrogens is 364 g/mol. The summed E-state index contributed by atoms with van der Waals surface area (Å²) in [5.74, 6) is -5.12. The summed E-state index contributed by atoms with van der Waals surface area (Å²) < 4.78 is 0. The SMILES string of the molecule is NCC(=O)NC(CCC(N)=O)C(=O)NC(CCC(N)=O)C(=O)NCC(=O)O. The summed E-state index contributed by atoms with van der Waals surface area (Å²) in [6.45, 7) is -1.11. The number of carbonyl (C=O) groups excluding carboxylic acids is 5. The summed E-state index contributed by atoms with van der Waals surface area (Å²) in [6.07, 6.45) is -0.821. The van der Waals surface area contributed by atoms with Gasteiger partial charge in [0.05, 0.1) is 6.54 Å². The van der Waals surface area contributed by atoms with E-state index in [1.54, 1.807) is 0 Å². The topological polar surface area (TPSA) is 237 Å². The maximum Gasteiger partial charge on any atom is 0.322 e. The number of hydrogen-bond acceptors (Lipinski definition) is 7. The second kappa shape index (κ2) is 12.2. The molecule has 0 aliphatic heterocycles. The highest BCUT2D eigenvalue weighted by atomic mass is 16.4. The van der Waals surface area contributed by atoms with Crippen molar-refractivity contribution in [3.8, 4) is 0 Å². The van der Waals surface area contributed by atoms with Crippen LogP contribution in [0.25, 0.3) is 0 Å². The number of aliphatic carboxylic acids is 1. The van der Waals surface area contributed by atoms with Crippen LogP contribution in [0, 0.1) is 0 Å². The largest absolute Gasteiger partial charge is 0.480 e. The average Bonchev–Trinajstić information content (AvgIpc) is 2.58. The molecule has 27 heavy (non-hydrogen) atoms. The Morgan fingerprint density at radius 2 is 1.30 bits per heavy atom. The van der Waals surface area contributed by atoms with E-state index in [9.17, 15) is 28.8 Å². The van der Waals surface area contributed by atoms with E-state index in [4.69, 9.17) is 22.3 Å². The minimum absolute atomic E-state index is 0.147. The van der Waals surface area contributed by atoms with E-state index in [0.717, 1.165) is 0 Å². The Labute approximate surface area is 154 Å². The van der Waals surface area contributed by atoms with Crippen molar-refractivity contribution in [3.05, 3.63) is 0 Å². The predicted octanol–water partition coefficient (Wildman–Crippen LogP) is -4.35. The van der Waals surface area contributed by atoms with E-state index in [1.165, 1.54) is 0 Å². The molecule has 0 saturated heterocycles. The zero-order valence-corrected chi connectivity index (χ0v) is 14.5. The van der Waals surface area contributed by atoms with Crippen molar-refractivity contribution in [2.75, 3.05) is 13.1 Å². The summed E-state index contributed by atoms with van der Waals surface area (Å²) in [4.78, 5) is 68.3. The molecule has 2 unspecified atom stereocenters. The average molecular weight is 388 g/mol. The van der Waals surface area contributed by atoms with Gasteiger partial charge in [0.25, 0.3) is 0 Å². The molecule has 13 heteroatoms. The third-order valence-electron chi connectivity index (χ3n) is 3.24. The maximum absolute atomic E-state index is 12.4. The number of hydrogen-bond donors (Lipinski definition) is 7. The van der Waals surface area contributed by atoms with Gasteiger partial charge in [-0.1, -0.05) is 0 Å². The zero-order chi connectivity index (χ0) is 21.0. The van der Waals surface area contributed by atoms with Crippen LogP contribution < -0.4 is 33.2 Å². The Morgan fingerprint density at radius 3 is 1.70 bits per heavy atom. The minimum Gasteiger partial charge on any atom is -0.480 e. The van der Waals surface area contributed by atoms with Crippen molar-refractivity contribution in [2.24, 2.45) is 17.2 Å². The lowest BCUT2D eigenvalue weighted by atomic mass is 10.1. The molecule has 0 fully saturated rings. The van der Waals surface area contributed by atoms with Crippen LogP contribution in [-0.2, 0) is 28.8 Å². The summed E-state index contributed by atoms with van der Waals surface area (Å²) in [5, 5.41) is 15.2. The molecule has 0 aliphatic rings. The van der Waals surface area contributed by atoms with Gasteiger partial charge in [-0.3, -0.25) is 28.8 Å². The van der Waals surface area contributed by atoms with Crippen LogP contribution in [0.4, 0.5) is 0 Å². The van der Waals surface area contributed by atoms with Gasteiger partial charge in [-0.25, -0.2) is 0 Å². The quantitative estimate of drug-likeness (QED) is 0.162.